The Kier molecular flexibility index (Phi) is 6.35. The third-order valence-corrected chi connectivity index (χ3v) is 6.75. The van der Waals surface area contributed by atoms with Crippen LogP contribution < -0.4 is 15.4 Å². The number of halogens is 1. The van der Waals surface area contributed by atoms with E-state index in [9.17, 15) is 29.4 Å². The molecule has 2 aromatic carbocycles. The van der Waals surface area contributed by atoms with Gasteiger partial charge in [-0.2, -0.15) is 0 Å². The summed E-state index contributed by atoms with van der Waals surface area (Å²) in [5, 5.41) is 21.5. The Balaban J connectivity index is 2.06. The molecule has 1 aliphatic heterocycles. The molecule has 0 saturated carbocycles. The van der Waals surface area contributed by atoms with Gasteiger partial charge in [0.15, 0.2) is 5.43 Å². The molecule has 0 aliphatic carbocycles. The van der Waals surface area contributed by atoms with Crippen molar-refractivity contribution in [2.75, 3.05) is 20.1 Å². The Morgan fingerprint density at radius 2 is 2.03 bits per heavy atom. The number of phenolic OH excluding ortho intramolecular Hbond substituents is 1. The van der Waals surface area contributed by atoms with E-state index in [-0.39, 0.29) is 34.6 Å². The highest BCUT2D eigenvalue weighted by molar-refractivity contribution is 7.46. The van der Waals surface area contributed by atoms with Crippen LogP contribution in [0, 0.1) is 0 Å². The molecule has 0 radical (unpaired) electrons. The Hall–Kier alpha value is -2.33. The molecule has 1 aromatic heterocycles. The number of aliphatic hydroxyl groups excluding tert-OH is 1. The molecule has 4 rings (SSSR count). The number of β-amino-alcohol motifs (C(OH)–C–C–N with tert-alkyl or cyclic N) is 1. The first-order chi connectivity index (χ1) is 15.5. The quantitative estimate of drug-likeness (QED) is 0.313. The van der Waals surface area contributed by atoms with Gasteiger partial charge in [0.05, 0.1) is 6.10 Å². The zero-order chi connectivity index (χ0) is 24.1. The number of phenols is 1. The molecule has 12 heteroatoms. The highest BCUT2D eigenvalue weighted by Gasteiger charge is 2.35. The second-order valence-corrected chi connectivity index (χ2v) is 9.77. The van der Waals surface area contributed by atoms with Crippen LogP contribution in [0.15, 0.2) is 39.5 Å². The number of likely N-dealkylation sites (N-methyl/N-ethyl adjacent to an activating group) is 1. The minimum atomic E-state index is -5.04. The number of hydrogen-bond donors (Lipinski definition) is 4. The minimum absolute atomic E-state index is 0.106. The van der Waals surface area contributed by atoms with Gasteiger partial charge >= 0.3 is 7.82 Å². The van der Waals surface area contributed by atoms with Crippen LogP contribution in [0.25, 0.3) is 22.3 Å². The van der Waals surface area contributed by atoms with Gasteiger partial charge in [-0.3, -0.25) is 14.6 Å². The van der Waals surface area contributed by atoms with E-state index in [1.165, 1.54) is 6.07 Å². The van der Waals surface area contributed by atoms with Gasteiger partial charge < -0.3 is 24.1 Å². The summed E-state index contributed by atoms with van der Waals surface area (Å²) in [4.78, 5) is 33.8. The van der Waals surface area contributed by atoms with Crippen molar-refractivity contribution in [3.8, 4) is 22.8 Å². The van der Waals surface area contributed by atoms with Gasteiger partial charge in [0.1, 0.15) is 36.1 Å². The van der Waals surface area contributed by atoms with E-state index in [1.54, 1.807) is 26.0 Å². The van der Waals surface area contributed by atoms with Crippen LogP contribution in [0.2, 0.25) is 5.02 Å². The number of likely N-dealkylation sites (tertiary alicyclic amines) is 1. The lowest BCUT2D eigenvalue weighted by atomic mass is 9.85. The maximum atomic E-state index is 13.0. The van der Waals surface area contributed by atoms with Crippen molar-refractivity contribution in [2.45, 2.75) is 18.4 Å². The second-order valence-electron chi connectivity index (χ2n) is 8.23. The van der Waals surface area contributed by atoms with E-state index in [0.717, 1.165) is 11.5 Å². The standard InChI is InChI=1S/C21H22BClNO8P/c1-24-6-5-10(15(27)9-24)18-17(32-33(28,29)30)8-14(26)19-13(25)7-16(31-21(18)19)11-3-2-4-12(22)20(11)23/h2-4,7-8,10,15,26-27H,5-6,9,22H2,1H3,(H2,28,29,30)/t10-,15+/m0/s1. The first kappa shape index (κ1) is 23.8. The van der Waals surface area contributed by atoms with Crippen LogP contribution in [-0.2, 0) is 4.57 Å². The molecule has 2 heterocycles. The lowest BCUT2D eigenvalue weighted by molar-refractivity contribution is 0.0632. The van der Waals surface area contributed by atoms with E-state index < -0.39 is 31.0 Å². The third-order valence-electron chi connectivity index (χ3n) is 5.81. The summed E-state index contributed by atoms with van der Waals surface area (Å²) >= 11 is 6.42. The molecule has 174 valence electrons. The first-order valence-electron chi connectivity index (χ1n) is 10.2. The number of rotatable bonds is 4. The minimum Gasteiger partial charge on any atom is -0.507 e. The number of nitrogens with zero attached hydrogens (tertiary/aromatic N) is 1. The smallest absolute Gasteiger partial charge is 0.507 e. The summed E-state index contributed by atoms with van der Waals surface area (Å²) in [6.07, 6.45) is -0.541. The Morgan fingerprint density at radius 1 is 1.30 bits per heavy atom. The van der Waals surface area contributed by atoms with Crippen LogP contribution in [0.4, 0.5) is 0 Å². The number of aliphatic hydroxyl groups is 1. The van der Waals surface area contributed by atoms with Crippen LogP contribution in [0.5, 0.6) is 11.5 Å². The zero-order valence-corrected chi connectivity index (χ0v) is 19.5. The predicted octanol–water partition coefficient (Wildman–Crippen LogP) is 1.33. The fraction of sp³-hybridized carbons (Fsp3) is 0.286. The topological polar surface area (TPSA) is 141 Å². The van der Waals surface area contributed by atoms with Crippen LogP contribution in [0.3, 0.4) is 0 Å². The molecule has 33 heavy (non-hydrogen) atoms. The number of phosphoric acid groups is 1. The number of benzene rings is 2. The lowest BCUT2D eigenvalue weighted by Crippen LogP contribution is -2.40. The molecule has 0 bridgehead atoms. The van der Waals surface area contributed by atoms with Gasteiger partial charge in [-0.15, -0.1) is 0 Å². The van der Waals surface area contributed by atoms with E-state index in [1.807, 2.05) is 11.9 Å². The van der Waals surface area contributed by atoms with Gasteiger partial charge in [-0.1, -0.05) is 29.2 Å². The summed E-state index contributed by atoms with van der Waals surface area (Å²) in [6, 6.07) is 7.37. The Bertz CT molecular complexity index is 1340. The van der Waals surface area contributed by atoms with E-state index in [4.69, 9.17) is 20.5 Å². The number of fused-ring (bicyclic) bond motifs is 1. The fourth-order valence-corrected chi connectivity index (χ4v) is 4.89. The van der Waals surface area contributed by atoms with E-state index in [0.29, 0.717) is 23.6 Å². The molecule has 3 aromatic rings. The van der Waals surface area contributed by atoms with Crippen molar-refractivity contribution in [2.24, 2.45) is 0 Å². The van der Waals surface area contributed by atoms with Crippen LogP contribution in [-0.4, -0.2) is 59.0 Å². The third kappa shape index (κ3) is 4.68. The number of aromatic hydroxyl groups is 1. The van der Waals surface area contributed by atoms with Crippen LogP contribution >= 0.6 is 19.4 Å². The van der Waals surface area contributed by atoms with Crippen molar-refractivity contribution >= 4 is 43.7 Å². The number of hydrogen-bond acceptors (Lipinski definition) is 7. The highest BCUT2D eigenvalue weighted by atomic mass is 35.5. The Labute approximate surface area is 194 Å². The van der Waals surface area contributed by atoms with Gasteiger partial charge in [0, 0.05) is 40.7 Å². The summed E-state index contributed by atoms with van der Waals surface area (Å²) in [5.74, 6) is -1.48. The van der Waals surface area contributed by atoms with Crippen molar-refractivity contribution < 1.29 is 33.5 Å². The average molecular weight is 494 g/mol. The summed E-state index contributed by atoms with van der Waals surface area (Å²) in [5.41, 5.74) is 0.602. The molecule has 0 amide bonds. The van der Waals surface area contributed by atoms with Crippen molar-refractivity contribution in [3.05, 3.63) is 51.1 Å². The lowest BCUT2D eigenvalue weighted by Gasteiger charge is -2.34. The molecular weight excluding hydrogens is 471 g/mol. The maximum Gasteiger partial charge on any atom is 0.524 e. The highest BCUT2D eigenvalue weighted by Crippen LogP contribution is 2.48. The summed E-state index contributed by atoms with van der Waals surface area (Å²) < 4.78 is 22.6. The number of phosphoric ester groups is 1. The monoisotopic (exact) mass is 493 g/mol. The average Bonchev–Trinajstić information content (AvgIpc) is 2.69. The normalized spacial score (nSPS) is 19.7. The molecule has 1 saturated heterocycles. The van der Waals surface area contributed by atoms with Gasteiger partial charge in [-0.05, 0) is 26.1 Å². The summed E-state index contributed by atoms with van der Waals surface area (Å²) in [7, 11) is -1.41. The van der Waals surface area contributed by atoms with Gasteiger partial charge in [-0.25, -0.2) is 4.57 Å². The second kappa shape index (κ2) is 8.79. The van der Waals surface area contributed by atoms with Crippen molar-refractivity contribution in [1.82, 2.24) is 4.90 Å². The Morgan fingerprint density at radius 3 is 2.70 bits per heavy atom. The fourth-order valence-electron chi connectivity index (χ4n) is 4.26. The van der Waals surface area contributed by atoms with Crippen LogP contribution in [0.1, 0.15) is 17.9 Å². The molecular formula is C21H22BClNO8P. The van der Waals surface area contributed by atoms with Crippen molar-refractivity contribution in [1.29, 1.82) is 0 Å². The first-order valence-corrected chi connectivity index (χ1v) is 12.1. The zero-order valence-electron chi connectivity index (χ0n) is 17.9. The van der Waals surface area contributed by atoms with E-state index in [2.05, 4.69) is 0 Å². The molecule has 2 atom stereocenters. The van der Waals surface area contributed by atoms with Gasteiger partial charge in [0.25, 0.3) is 0 Å². The maximum absolute atomic E-state index is 13.0. The predicted molar refractivity (Wildman–Crippen MR) is 126 cm³/mol. The van der Waals surface area contributed by atoms with Gasteiger partial charge in [0.2, 0.25) is 0 Å². The van der Waals surface area contributed by atoms with E-state index >= 15 is 0 Å². The van der Waals surface area contributed by atoms with Crippen molar-refractivity contribution in [3.63, 3.8) is 0 Å². The molecule has 4 N–H and O–H groups in total. The summed E-state index contributed by atoms with van der Waals surface area (Å²) in [6.45, 7) is 0.864. The molecule has 1 aliphatic rings. The molecule has 0 spiro atoms. The molecule has 0 unspecified atom stereocenters. The molecule has 1 fully saturated rings. The molecule has 9 nitrogen and oxygen atoms in total. The number of piperidine rings is 1. The largest absolute Gasteiger partial charge is 0.524 e. The SMILES string of the molecule is Bc1cccc(-c2cc(=O)c3c(O)cc(OP(=O)(O)O)c([C@H]4CCN(C)C[C@H]4O)c3o2)c1Cl.